The smallest absolute Gasteiger partial charge is 0.249 e. The highest BCUT2D eigenvalue weighted by molar-refractivity contribution is 8.01. The lowest BCUT2D eigenvalue weighted by molar-refractivity contribution is 0.588. The normalized spacial score (nSPS) is 14.0. The number of benzene rings is 11. The Hall–Kier alpha value is -8.15. The third kappa shape index (κ3) is 9.34. The quantitative estimate of drug-likeness (QED) is 0.153. The number of fused-ring (bicyclic) bond motifs is 8. The summed E-state index contributed by atoms with van der Waals surface area (Å²) in [5.41, 5.74) is 30.3. The van der Waals surface area contributed by atoms with Crippen molar-refractivity contribution >= 4 is 104 Å². The summed E-state index contributed by atoms with van der Waals surface area (Å²) in [4.78, 5) is 10.7. The lowest BCUT2D eigenvalue weighted by atomic mass is 9.31. The lowest BCUT2D eigenvalue weighted by Crippen LogP contribution is -2.64. The van der Waals surface area contributed by atoms with Crippen LogP contribution in [0.1, 0.15) is 105 Å². The zero-order valence-corrected chi connectivity index (χ0v) is 54.4. The van der Waals surface area contributed by atoms with E-state index in [1.54, 1.807) is 0 Å². The molecule has 4 aliphatic heterocycles. The van der Waals surface area contributed by atoms with Gasteiger partial charge >= 0.3 is 0 Å². The number of hydrogen-bond acceptors (Lipinski definition) is 4. The molecular weight excluding hydrogens is 1100 g/mol. The molecule has 0 bridgehead atoms. The number of hydrogen-bond donors (Lipinski definition) is 0. The fraction of sp³-hybridized carbons (Fsp3) is 0.195. The van der Waals surface area contributed by atoms with Crippen LogP contribution in [0.3, 0.4) is 0 Å². The van der Waals surface area contributed by atoms with Crippen molar-refractivity contribution in [2.75, 3.05) is 9.80 Å². The molecule has 15 rings (SSSR count). The second kappa shape index (κ2) is 20.7. The Kier molecular flexibility index (Phi) is 13.3. The van der Waals surface area contributed by atoms with Crippen LogP contribution in [0.2, 0.25) is 0 Å². The van der Waals surface area contributed by atoms with Crippen molar-refractivity contribution < 1.29 is 0 Å². The molecule has 0 amide bonds. The minimum Gasteiger partial charge on any atom is -0.311 e. The van der Waals surface area contributed by atoms with E-state index in [0.29, 0.717) is 0 Å². The third-order valence-electron chi connectivity index (χ3n) is 19.0. The largest absolute Gasteiger partial charge is 0.311 e. The third-order valence-corrected chi connectivity index (χ3v) is 21.4. The molecule has 0 atom stereocenters. The first kappa shape index (κ1) is 56.4. The summed E-state index contributed by atoms with van der Waals surface area (Å²) >= 11 is 4.00. The Balaban J connectivity index is 1.06. The molecule has 0 radical (unpaired) electrons. The Labute approximate surface area is 531 Å². The van der Waals surface area contributed by atoms with Gasteiger partial charge in [-0.25, -0.2) is 0 Å². The van der Waals surface area contributed by atoms with Gasteiger partial charge in [-0.1, -0.05) is 300 Å². The minimum absolute atomic E-state index is 0.0254. The van der Waals surface area contributed by atoms with Crippen LogP contribution in [0.4, 0.5) is 34.1 Å². The van der Waals surface area contributed by atoms with E-state index >= 15 is 0 Å². The van der Waals surface area contributed by atoms with Crippen LogP contribution in [0.5, 0.6) is 0 Å². The average molecular weight is 1170 g/mol. The first-order valence-corrected chi connectivity index (χ1v) is 33.1. The summed E-state index contributed by atoms with van der Waals surface area (Å²) in [6, 6.07) is 88.9. The van der Waals surface area contributed by atoms with Crippen molar-refractivity contribution in [3.8, 4) is 44.5 Å². The summed E-state index contributed by atoms with van der Waals surface area (Å²) in [5.74, 6) is 0. The Bertz CT molecular complexity index is 4530. The average Bonchev–Trinajstić information content (AvgIpc) is 0.698. The topological polar surface area (TPSA) is 6.48 Å². The monoisotopic (exact) mass is 1170 g/mol. The number of para-hydroxylation sites is 1. The summed E-state index contributed by atoms with van der Waals surface area (Å²) < 4.78 is 0. The van der Waals surface area contributed by atoms with Crippen LogP contribution in [-0.2, 0) is 21.7 Å². The van der Waals surface area contributed by atoms with Crippen molar-refractivity contribution in [3.05, 3.63) is 253 Å². The highest BCUT2D eigenvalue weighted by Gasteiger charge is 2.48. The molecule has 4 heterocycles. The molecule has 0 N–H and O–H groups in total. The molecule has 0 saturated heterocycles. The molecule has 11 aromatic rings. The number of nitrogens with zero attached hydrogens (tertiary/aromatic N) is 2. The maximum atomic E-state index is 2.72. The van der Waals surface area contributed by atoms with Crippen LogP contribution in [0, 0.1) is 0 Å². The van der Waals surface area contributed by atoms with Crippen LogP contribution in [0.25, 0.3) is 44.5 Å². The summed E-state index contributed by atoms with van der Waals surface area (Å²) in [6.45, 7) is 28.1. The summed E-state index contributed by atoms with van der Waals surface area (Å²) in [5, 5.41) is 0. The van der Waals surface area contributed by atoms with Gasteiger partial charge < -0.3 is 9.80 Å². The van der Waals surface area contributed by atoms with E-state index < -0.39 is 0 Å². The zero-order valence-electron chi connectivity index (χ0n) is 52.8. The van der Waals surface area contributed by atoms with E-state index in [9.17, 15) is 0 Å². The molecule has 88 heavy (non-hydrogen) atoms. The fourth-order valence-electron chi connectivity index (χ4n) is 14.2. The van der Waals surface area contributed by atoms with Gasteiger partial charge in [0.2, 0.25) is 13.4 Å². The maximum Gasteiger partial charge on any atom is 0.249 e. The second-order valence-electron chi connectivity index (χ2n) is 28.9. The molecule has 0 fully saturated rings. The van der Waals surface area contributed by atoms with Gasteiger partial charge in [0.25, 0.3) is 0 Å². The van der Waals surface area contributed by atoms with Crippen molar-refractivity contribution in [3.63, 3.8) is 0 Å². The van der Waals surface area contributed by atoms with Gasteiger partial charge in [-0.15, -0.1) is 0 Å². The fourth-order valence-corrected chi connectivity index (χ4v) is 17.0. The molecular formula is C82H74B2N2S2. The van der Waals surface area contributed by atoms with Crippen molar-refractivity contribution in [2.45, 2.75) is 124 Å². The first-order chi connectivity index (χ1) is 42.2. The first-order valence-electron chi connectivity index (χ1n) is 31.5. The van der Waals surface area contributed by atoms with Gasteiger partial charge in [0.1, 0.15) is 0 Å². The van der Waals surface area contributed by atoms with Gasteiger partial charge in [0.05, 0.1) is 5.69 Å². The Morgan fingerprint density at radius 3 is 1.18 bits per heavy atom. The second-order valence-corrected chi connectivity index (χ2v) is 31.0. The molecule has 0 aromatic heterocycles. The van der Waals surface area contributed by atoms with E-state index in [2.05, 4.69) is 323 Å². The van der Waals surface area contributed by atoms with E-state index in [-0.39, 0.29) is 35.1 Å². The molecule has 0 aliphatic carbocycles. The Morgan fingerprint density at radius 2 is 0.705 bits per heavy atom. The predicted octanol–water partition coefficient (Wildman–Crippen LogP) is 19.1. The zero-order chi connectivity index (χ0) is 60.8. The van der Waals surface area contributed by atoms with Gasteiger partial charge in [-0.3, -0.25) is 0 Å². The van der Waals surface area contributed by atoms with E-state index in [0.717, 1.165) is 0 Å². The van der Waals surface area contributed by atoms with Crippen molar-refractivity contribution in [1.82, 2.24) is 0 Å². The van der Waals surface area contributed by atoms with Crippen molar-refractivity contribution in [2.24, 2.45) is 0 Å². The number of anilines is 6. The molecule has 0 spiro atoms. The lowest BCUT2D eigenvalue weighted by Gasteiger charge is -2.45. The van der Waals surface area contributed by atoms with Crippen LogP contribution < -0.4 is 42.6 Å². The summed E-state index contributed by atoms with van der Waals surface area (Å²) in [6.07, 6.45) is 0. The van der Waals surface area contributed by atoms with Crippen LogP contribution >= 0.6 is 23.5 Å². The highest BCUT2D eigenvalue weighted by atomic mass is 32.2. The van der Waals surface area contributed by atoms with E-state index in [1.807, 2.05) is 23.5 Å². The number of rotatable bonds is 6. The maximum absolute atomic E-state index is 2.72. The van der Waals surface area contributed by atoms with Gasteiger partial charge in [-0.05, 0) is 142 Å². The molecule has 4 aliphatic rings. The molecule has 2 nitrogen and oxygen atoms in total. The molecule has 0 saturated carbocycles. The SMILES string of the molecule is CC(C)(C)c1ccc(N2c3cc(C(C)(C)C)ccc3B3c4cc5c(c(-c6ccccc6)c4Sc4cc(C(C)(C)C)cc2c43)Sc2cc(-c3ccccc3)cc3c2B5c2ccc(C(C)(C)C)cc2N3c2c(-c3ccccc3)cccc2-c2ccccc2)cc1. The van der Waals surface area contributed by atoms with E-state index in [1.165, 1.54) is 153 Å². The molecule has 6 heteroatoms. The highest BCUT2D eigenvalue weighted by Crippen LogP contribution is 2.54. The van der Waals surface area contributed by atoms with Gasteiger partial charge in [0.15, 0.2) is 0 Å². The van der Waals surface area contributed by atoms with Gasteiger partial charge in [0, 0.05) is 64.7 Å². The predicted molar refractivity (Wildman–Crippen MR) is 383 cm³/mol. The standard InChI is InChI=1S/C82H74B2N2S2/c1-79(2,3)56-36-40-60(41-37-56)85-67-46-57(80(4,5)6)38-42-63(67)83-66-50-65-77(73(54-32-23-16-24-33-54)78(66)88-72-49-59(82(10,11)12)48-70(85)75(72)83)87-71-45-55(51-26-17-13-18-27-51)44-69-74(71)84(65)64-43-39-58(81(7,8)9)47-68(64)86(69)76-61(52-28-19-14-20-29-52)34-25-35-62(76)53-30-21-15-22-31-53/h13-50H,1-12H3. The molecule has 430 valence electrons. The van der Waals surface area contributed by atoms with Crippen molar-refractivity contribution in [1.29, 1.82) is 0 Å². The molecule has 11 aromatic carbocycles. The molecule has 0 unspecified atom stereocenters. The summed E-state index contributed by atoms with van der Waals surface area (Å²) in [7, 11) is 0. The Morgan fingerprint density at radius 1 is 0.295 bits per heavy atom. The van der Waals surface area contributed by atoms with Crippen LogP contribution in [0.15, 0.2) is 250 Å². The van der Waals surface area contributed by atoms with E-state index in [4.69, 9.17) is 0 Å². The van der Waals surface area contributed by atoms with Gasteiger partial charge in [-0.2, -0.15) is 0 Å². The minimum atomic E-state index is -0.127. The van der Waals surface area contributed by atoms with Crippen LogP contribution in [-0.4, -0.2) is 13.4 Å².